The number of carbonyl (C=O) groups is 3. The fourth-order valence-electron chi connectivity index (χ4n) is 2.54. The van der Waals surface area contributed by atoms with Crippen molar-refractivity contribution in [2.75, 3.05) is 31.5 Å². The van der Waals surface area contributed by atoms with E-state index in [-0.39, 0.29) is 11.8 Å². The molecule has 0 aliphatic carbocycles. The van der Waals surface area contributed by atoms with E-state index in [2.05, 4.69) is 5.32 Å². The highest BCUT2D eigenvalue weighted by Crippen LogP contribution is 2.27. The Balaban J connectivity index is 2.08. The smallest absolute Gasteiger partial charge is 0.239 e. The number of hydrogen-bond donors (Lipinski definition) is 1. The minimum atomic E-state index is -1.21. The molecule has 2 rings (SSSR count). The van der Waals surface area contributed by atoms with E-state index in [1.807, 2.05) is 6.92 Å². The summed E-state index contributed by atoms with van der Waals surface area (Å²) in [6.07, 6.45) is 0.779. The molecule has 0 saturated carbocycles. The first-order valence-corrected chi connectivity index (χ1v) is 8.20. The number of nitrogens with one attached hydrogen (secondary N) is 1. The van der Waals surface area contributed by atoms with E-state index in [0.717, 1.165) is 12.0 Å². The molecular formula is C17H22ClN3O3. The van der Waals surface area contributed by atoms with Crippen molar-refractivity contribution in [2.45, 2.75) is 20.8 Å². The summed E-state index contributed by atoms with van der Waals surface area (Å²) in [5, 5.41) is 3.35. The third kappa shape index (κ3) is 3.70. The van der Waals surface area contributed by atoms with Gasteiger partial charge in [-0.3, -0.25) is 14.4 Å². The standard InChI is InChI=1S/C17H22ClN3O3/c1-12-13(18)5-4-6-14(12)19-15(23)17(2,3)16(24)21-9-7-20(11-22)8-10-21/h4-6,11H,7-10H2,1-3H3,(H,19,23). The zero-order valence-electron chi connectivity index (χ0n) is 14.1. The fraction of sp³-hybridized carbons (Fsp3) is 0.471. The van der Waals surface area contributed by atoms with Crippen molar-refractivity contribution in [2.24, 2.45) is 5.41 Å². The molecule has 0 bridgehead atoms. The predicted molar refractivity (Wildman–Crippen MR) is 92.8 cm³/mol. The van der Waals surface area contributed by atoms with Gasteiger partial charge < -0.3 is 15.1 Å². The Bertz CT molecular complexity index is 652. The number of anilines is 1. The maximum Gasteiger partial charge on any atom is 0.239 e. The molecule has 1 heterocycles. The topological polar surface area (TPSA) is 69.7 Å². The van der Waals surface area contributed by atoms with Gasteiger partial charge in [0.25, 0.3) is 0 Å². The van der Waals surface area contributed by atoms with Gasteiger partial charge in [0.05, 0.1) is 0 Å². The Hall–Kier alpha value is -2.08. The molecule has 0 unspecified atom stereocenters. The Morgan fingerprint density at radius 2 is 1.83 bits per heavy atom. The van der Waals surface area contributed by atoms with Crippen molar-refractivity contribution in [1.29, 1.82) is 0 Å². The van der Waals surface area contributed by atoms with Crippen LogP contribution in [0.3, 0.4) is 0 Å². The van der Waals surface area contributed by atoms with Crippen molar-refractivity contribution in [3.8, 4) is 0 Å². The van der Waals surface area contributed by atoms with Crippen LogP contribution in [0.2, 0.25) is 5.02 Å². The van der Waals surface area contributed by atoms with Crippen molar-refractivity contribution in [3.05, 3.63) is 28.8 Å². The number of carbonyl (C=O) groups excluding carboxylic acids is 3. The van der Waals surface area contributed by atoms with E-state index in [4.69, 9.17) is 11.6 Å². The van der Waals surface area contributed by atoms with Crippen LogP contribution in [0.25, 0.3) is 0 Å². The third-order valence-corrected chi connectivity index (χ3v) is 4.78. The molecule has 1 aliphatic heterocycles. The second kappa shape index (κ2) is 7.21. The number of nitrogens with zero attached hydrogens (tertiary/aromatic N) is 2. The van der Waals surface area contributed by atoms with Crippen LogP contribution >= 0.6 is 11.6 Å². The Morgan fingerprint density at radius 1 is 1.21 bits per heavy atom. The van der Waals surface area contributed by atoms with Crippen molar-refractivity contribution in [3.63, 3.8) is 0 Å². The lowest BCUT2D eigenvalue weighted by molar-refractivity contribution is -0.148. The first kappa shape index (κ1) is 18.3. The van der Waals surface area contributed by atoms with E-state index in [1.54, 1.807) is 41.8 Å². The van der Waals surface area contributed by atoms with E-state index in [1.165, 1.54) is 0 Å². The quantitative estimate of drug-likeness (QED) is 0.665. The van der Waals surface area contributed by atoms with Crippen LogP contribution in [0.4, 0.5) is 5.69 Å². The van der Waals surface area contributed by atoms with Crippen molar-refractivity contribution >= 4 is 35.5 Å². The number of benzene rings is 1. The Labute approximate surface area is 146 Å². The summed E-state index contributed by atoms with van der Waals surface area (Å²) in [5.41, 5.74) is 0.146. The number of amides is 3. The first-order valence-electron chi connectivity index (χ1n) is 7.82. The molecule has 130 valence electrons. The lowest BCUT2D eigenvalue weighted by atomic mass is 9.89. The fourth-order valence-corrected chi connectivity index (χ4v) is 2.72. The minimum Gasteiger partial charge on any atom is -0.342 e. The van der Waals surface area contributed by atoms with Crippen LogP contribution in [0.15, 0.2) is 18.2 Å². The summed E-state index contributed by atoms with van der Waals surface area (Å²) in [4.78, 5) is 39.4. The van der Waals surface area contributed by atoms with Crippen LogP contribution in [-0.4, -0.2) is 54.2 Å². The Kier molecular flexibility index (Phi) is 5.49. The van der Waals surface area contributed by atoms with Gasteiger partial charge in [0, 0.05) is 36.9 Å². The number of halogens is 1. The van der Waals surface area contributed by atoms with Gasteiger partial charge >= 0.3 is 0 Å². The molecule has 24 heavy (non-hydrogen) atoms. The monoisotopic (exact) mass is 351 g/mol. The molecule has 1 aromatic carbocycles. The molecule has 0 aromatic heterocycles. The van der Waals surface area contributed by atoms with E-state index >= 15 is 0 Å². The number of rotatable bonds is 4. The highest BCUT2D eigenvalue weighted by Gasteiger charge is 2.40. The molecular weight excluding hydrogens is 330 g/mol. The lowest BCUT2D eigenvalue weighted by Crippen LogP contribution is -2.54. The van der Waals surface area contributed by atoms with Gasteiger partial charge in [0.15, 0.2) is 0 Å². The van der Waals surface area contributed by atoms with Crippen molar-refractivity contribution < 1.29 is 14.4 Å². The molecule has 0 spiro atoms. The number of hydrogen-bond acceptors (Lipinski definition) is 3. The van der Waals surface area contributed by atoms with E-state index in [0.29, 0.717) is 36.9 Å². The molecule has 0 atom stereocenters. The minimum absolute atomic E-state index is 0.245. The van der Waals surface area contributed by atoms with Gasteiger partial charge in [-0.1, -0.05) is 17.7 Å². The van der Waals surface area contributed by atoms with Crippen LogP contribution in [-0.2, 0) is 14.4 Å². The van der Waals surface area contributed by atoms with Gasteiger partial charge in [-0.05, 0) is 38.5 Å². The van der Waals surface area contributed by atoms with E-state index < -0.39 is 5.41 Å². The maximum absolute atomic E-state index is 12.7. The van der Waals surface area contributed by atoms with Gasteiger partial charge in [-0.2, -0.15) is 0 Å². The van der Waals surface area contributed by atoms with Crippen molar-refractivity contribution in [1.82, 2.24) is 9.80 Å². The first-order chi connectivity index (χ1) is 11.3. The highest BCUT2D eigenvalue weighted by molar-refractivity contribution is 6.31. The SMILES string of the molecule is Cc1c(Cl)cccc1NC(=O)C(C)(C)C(=O)N1CCN(C=O)CC1. The summed E-state index contributed by atoms with van der Waals surface area (Å²) in [5.74, 6) is -0.624. The average molecular weight is 352 g/mol. The van der Waals surface area contributed by atoms with Gasteiger partial charge in [0.1, 0.15) is 5.41 Å². The summed E-state index contributed by atoms with van der Waals surface area (Å²) in [6.45, 7) is 6.87. The molecule has 1 fully saturated rings. The summed E-state index contributed by atoms with van der Waals surface area (Å²) < 4.78 is 0. The molecule has 1 aromatic rings. The van der Waals surface area contributed by atoms with Gasteiger partial charge in [-0.15, -0.1) is 0 Å². The van der Waals surface area contributed by atoms with Crippen LogP contribution < -0.4 is 5.32 Å². The largest absolute Gasteiger partial charge is 0.342 e. The third-order valence-electron chi connectivity index (χ3n) is 4.37. The molecule has 3 amide bonds. The lowest BCUT2D eigenvalue weighted by Gasteiger charge is -2.36. The molecule has 1 aliphatic rings. The summed E-state index contributed by atoms with van der Waals surface area (Å²) in [6, 6.07) is 5.25. The van der Waals surface area contributed by atoms with Gasteiger partial charge in [-0.25, -0.2) is 0 Å². The predicted octanol–water partition coefficient (Wildman–Crippen LogP) is 1.91. The van der Waals surface area contributed by atoms with Crippen LogP contribution in [0.5, 0.6) is 0 Å². The Morgan fingerprint density at radius 3 is 2.42 bits per heavy atom. The zero-order chi connectivity index (χ0) is 17.9. The second-order valence-corrected chi connectivity index (χ2v) is 6.83. The number of piperazine rings is 1. The summed E-state index contributed by atoms with van der Waals surface area (Å²) in [7, 11) is 0. The molecule has 6 nitrogen and oxygen atoms in total. The average Bonchev–Trinajstić information content (AvgIpc) is 2.58. The van der Waals surface area contributed by atoms with Crippen LogP contribution in [0, 0.1) is 12.3 Å². The van der Waals surface area contributed by atoms with Gasteiger partial charge in [0.2, 0.25) is 18.2 Å². The second-order valence-electron chi connectivity index (χ2n) is 6.43. The van der Waals surface area contributed by atoms with E-state index in [9.17, 15) is 14.4 Å². The maximum atomic E-state index is 12.7. The highest BCUT2D eigenvalue weighted by atomic mass is 35.5. The van der Waals surface area contributed by atoms with Crippen LogP contribution in [0.1, 0.15) is 19.4 Å². The molecule has 7 heteroatoms. The summed E-state index contributed by atoms with van der Waals surface area (Å²) >= 11 is 6.06. The molecule has 0 radical (unpaired) electrons. The molecule has 1 N–H and O–H groups in total. The normalized spacial score (nSPS) is 15.2. The zero-order valence-corrected chi connectivity index (χ0v) is 14.9. The molecule has 1 saturated heterocycles.